The Balaban J connectivity index is 2.00. The second kappa shape index (κ2) is 6.61. The zero-order valence-corrected chi connectivity index (χ0v) is 11.1. The largest absolute Gasteiger partial charge is 0.497 e. The molecule has 0 bridgehead atoms. The van der Waals surface area contributed by atoms with Gasteiger partial charge in [-0.15, -0.1) is 0 Å². The first-order chi connectivity index (χ1) is 8.83. The first kappa shape index (κ1) is 13.2. The quantitative estimate of drug-likeness (QED) is 0.837. The van der Waals surface area contributed by atoms with E-state index >= 15 is 0 Å². The summed E-state index contributed by atoms with van der Waals surface area (Å²) in [6, 6.07) is 5.91. The summed E-state index contributed by atoms with van der Waals surface area (Å²) in [5.41, 5.74) is 1.12. The lowest BCUT2D eigenvalue weighted by atomic mass is 10.1. The molecule has 4 heteroatoms. The van der Waals surface area contributed by atoms with Crippen LogP contribution < -0.4 is 14.8 Å². The van der Waals surface area contributed by atoms with Crippen LogP contribution in [-0.4, -0.2) is 34.0 Å². The first-order valence-corrected chi connectivity index (χ1v) is 6.35. The maximum Gasteiger partial charge on any atom is 0.124 e. The van der Waals surface area contributed by atoms with Crippen molar-refractivity contribution in [2.45, 2.75) is 13.0 Å². The summed E-state index contributed by atoms with van der Waals surface area (Å²) >= 11 is 0. The summed E-state index contributed by atoms with van der Waals surface area (Å²) in [6.07, 6.45) is 1.09. The van der Waals surface area contributed by atoms with E-state index in [0.29, 0.717) is 5.92 Å². The molecule has 4 nitrogen and oxygen atoms in total. The Morgan fingerprint density at radius 3 is 3.00 bits per heavy atom. The van der Waals surface area contributed by atoms with Crippen LogP contribution in [0.15, 0.2) is 18.2 Å². The minimum Gasteiger partial charge on any atom is -0.497 e. The van der Waals surface area contributed by atoms with E-state index in [-0.39, 0.29) is 0 Å². The maximum atomic E-state index is 5.90. The molecule has 1 aromatic carbocycles. The average molecular weight is 251 g/mol. The summed E-state index contributed by atoms with van der Waals surface area (Å²) < 4.78 is 16.5. The van der Waals surface area contributed by atoms with Gasteiger partial charge in [-0.25, -0.2) is 0 Å². The molecule has 0 radical (unpaired) electrons. The van der Waals surface area contributed by atoms with Gasteiger partial charge in [-0.2, -0.15) is 0 Å². The Hall–Kier alpha value is -1.26. The van der Waals surface area contributed by atoms with Crippen molar-refractivity contribution in [2.75, 3.05) is 34.0 Å². The predicted molar refractivity (Wildman–Crippen MR) is 70.2 cm³/mol. The fourth-order valence-corrected chi connectivity index (χ4v) is 2.07. The molecule has 100 valence electrons. The average Bonchev–Trinajstić information content (AvgIpc) is 2.90. The van der Waals surface area contributed by atoms with E-state index in [4.69, 9.17) is 14.2 Å². The summed E-state index contributed by atoms with van der Waals surface area (Å²) in [6.45, 7) is 3.17. The highest BCUT2D eigenvalue weighted by atomic mass is 16.5. The van der Waals surface area contributed by atoms with E-state index < -0.39 is 0 Å². The van der Waals surface area contributed by atoms with Crippen molar-refractivity contribution in [3.8, 4) is 11.5 Å². The summed E-state index contributed by atoms with van der Waals surface area (Å²) in [4.78, 5) is 0. The van der Waals surface area contributed by atoms with Crippen LogP contribution in [0.4, 0.5) is 0 Å². The van der Waals surface area contributed by atoms with Gasteiger partial charge < -0.3 is 19.5 Å². The van der Waals surface area contributed by atoms with Crippen molar-refractivity contribution >= 4 is 0 Å². The third kappa shape index (κ3) is 3.37. The summed E-state index contributed by atoms with van der Waals surface area (Å²) in [5, 5.41) is 3.14. The number of benzene rings is 1. The Labute approximate surface area is 108 Å². The molecule has 1 fully saturated rings. The van der Waals surface area contributed by atoms with E-state index in [1.807, 2.05) is 25.2 Å². The zero-order chi connectivity index (χ0) is 12.8. The molecule has 1 heterocycles. The highest BCUT2D eigenvalue weighted by Crippen LogP contribution is 2.25. The van der Waals surface area contributed by atoms with Gasteiger partial charge in [-0.05, 0) is 31.7 Å². The molecule has 1 aromatic rings. The molecule has 1 atom stereocenters. The van der Waals surface area contributed by atoms with E-state index in [0.717, 1.165) is 49.8 Å². The fraction of sp³-hybridized carbons (Fsp3) is 0.571. The van der Waals surface area contributed by atoms with Gasteiger partial charge in [-0.1, -0.05) is 0 Å². The van der Waals surface area contributed by atoms with Gasteiger partial charge in [0.05, 0.1) is 20.3 Å². The van der Waals surface area contributed by atoms with Crippen molar-refractivity contribution in [3.05, 3.63) is 23.8 Å². The Kier molecular flexibility index (Phi) is 4.84. The Morgan fingerprint density at radius 2 is 2.33 bits per heavy atom. The molecular weight excluding hydrogens is 230 g/mol. The molecule has 1 N–H and O–H groups in total. The maximum absolute atomic E-state index is 5.90. The number of nitrogens with one attached hydrogen (secondary N) is 1. The van der Waals surface area contributed by atoms with E-state index in [1.54, 1.807) is 7.11 Å². The van der Waals surface area contributed by atoms with E-state index in [9.17, 15) is 0 Å². The lowest BCUT2D eigenvalue weighted by Gasteiger charge is -2.15. The fourth-order valence-electron chi connectivity index (χ4n) is 2.07. The van der Waals surface area contributed by atoms with Crippen LogP contribution in [-0.2, 0) is 11.3 Å². The van der Waals surface area contributed by atoms with Crippen LogP contribution in [0.25, 0.3) is 0 Å². The minimum absolute atomic E-state index is 0.523. The molecule has 2 rings (SSSR count). The number of hydrogen-bond donors (Lipinski definition) is 1. The van der Waals surface area contributed by atoms with Crippen LogP contribution in [0.5, 0.6) is 11.5 Å². The van der Waals surface area contributed by atoms with Crippen molar-refractivity contribution in [2.24, 2.45) is 5.92 Å². The van der Waals surface area contributed by atoms with Gasteiger partial charge in [0, 0.05) is 24.6 Å². The third-order valence-electron chi connectivity index (χ3n) is 3.13. The highest BCUT2D eigenvalue weighted by Gasteiger charge is 2.17. The predicted octanol–water partition coefficient (Wildman–Crippen LogP) is 1.83. The minimum atomic E-state index is 0.523. The number of rotatable bonds is 6. The van der Waals surface area contributed by atoms with Crippen LogP contribution in [0.3, 0.4) is 0 Å². The van der Waals surface area contributed by atoms with E-state index in [2.05, 4.69) is 5.32 Å². The van der Waals surface area contributed by atoms with Crippen LogP contribution in [0.1, 0.15) is 12.0 Å². The van der Waals surface area contributed by atoms with Gasteiger partial charge in [0.15, 0.2) is 0 Å². The Bertz CT molecular complexity index is 375. The molecule has 1 aliphatic rings. The summed E-state index contributed by atoms with van der Waals surface area (Å²) in [7, 11) is 3.60. The van der Waals surface area contributed by atoms with E-state index in [1.165, 1.54) is 0 Å². The molecule has 0 saturated carbocycles. The molecule has 0 aromatic heterocycles. The van der Waals surface area contributed by atoms with Crippen molar-refractivity contribution < 1.29 is 14.2 Å². The van der Waals surface area contributed by atoms with Gasteiger partial charge in [0.2, 0.25) is 0 Å². The number of ether oxygens (including phenoxy) is 3. The summed E-state index contributed by atoms with van der Waals surface area (Å²) in [5.74, 6) is 2.31. The van der Waals surface area contributed by atoms with Crippen molar-refractivity contribution in [3.63, 3.8) is 0 Å². The third-order valence-corrected chi connectivity index (χ3v) is 3.13. The smallest absolute Gasteiger partial charge is 0.124 e. The SMILES string of the molecule is CNCc1cc(OC)ccc1OCC1CCOC1. The molecule has 18 heavy (non-hydrogen) atoms. The second-order valence-electron chi connectivity index (χ2n) is 4.54. The second-order valence-corrected chi connectivity index (χ2v) is 4.54. The van der Waals surface area contributed by atoms with Gasteiger partial charge in [-0.3, -0.25) is 0 Å². The lowest BCUT2D eigenvalue weighted by molar-refractivity contribution is 0.166. The van der Waals surface area contributed by atoms with Gasteiger partial charge in [0.25, 0.3) is 0 Å². The molecule has 0 spiro atoms. The molecule has 1 unspecified atom stereocenters. The van der Waals surface area contributed by atoms with Gasteiger partial charge >= 0.3 is 0 Å². The number of hydrogen-bond acceptors (Lipinski definition) is 4. The molecule has 1 aliphatic heterocycles. The van der Waals surface area contributed by atoms with Gasteiger partial charge in [0.1, 0.15) is 11.5 Å². The van der Waals surface area contributed by atoms with Crippen molar-refractivity contribution in [1.29, 1.82) is 0 Å². The Morgan fingerprint density at radius 1 is 1.44 bits per heavy atom. The number of methoxy groups -OCH3 is 1. The monoisotopic (exact) mass is 251 g/mol. The lowest BCUT2D eigenvalue weighted by Crippen LogP contribution is -2.14. The molecule has 0 amide bonds. The standard InChI is InChI=1S/C14H21NO3/c1-15-8-12-7-13(16-2)3-4-14(12)18-10-11-5-6-17-9-11/h3-4,7,11,15H,5-6,8-10H2,1-2H3. The molecule has 0 aliphatic carbocycles. The van der Waals surface area contributed by atoms with Crippen LogP contribution >= 0.6 is 0 Å². The van der Waals surface area contributed by atoms with Crippen LogP contribution in [0.2, 0.25) is 0 Å². The topological polar surface area (TPSA) is 39.7 Å². The normalized spacial score (nSPS) is 18.9. The zero-order valence-electron chi connectivity index (χ0n) is 11.1. The molecular formula is C14H21NO3. The molecule has 1 saturated heterocycles. The highest BCUT2D eigenvalue weighted by molar-refractivity contribution is 5.40. The van der Waals surface area contributed by atoms with Crippen molar-refractivity contribution in [1.82, 2.24) is 5.32 Å². The van der Waals surface area contributed by atoms with Crippen LogP contribution in [0, 0.1) is 5.92 Å². The first-order valence-electron chi connectivity index (χ1n) is 6.35.